The van der Waals surface area contributed by atoms with Gasteiger partial charge in [-0.3, -0.25) is 4.98 Å². The monoisotopic (exact) mass is 426 g/mol. The van der Waals surface area contributed by atoms with E-state index in [1.807, 2.05) is 31.3 Å². The van der Waals surface area contributed by atoms with Crippen molar-refractivity contribution in [1.29, 1.82) is 0 Å². The van der Waals surface area contributed by atoms with Gasteiger partial charge in [-0.05, 0) is 72.7 Å². The first kappa shape index (κ1) is 21.5. The summed E-state index contributed by atoms with van der Waals surface area (Å²) in [5.41, 5.74) is 5.69. The summed E-state index contributed by atoms with van der Waals surface area (Å²) in [6, 6.07) is 16.0. The number of hydrogen-bond acceptors (Lipinski definition) is 5. The molecule has 5 nitrogen and oxygen atoms in total. The minimum atomic E-state index is -0.322. The highest BCUT2D eigenvalue weighted by Gasteiger charge is 2.23. The lowest BCUT2D eigenvalue weighted by molar-refractivity contribution is 0.0599. The molecular weight excluding hydrogens is 400 g/mol. The minimum absolute atomic E-state index is 0.322. The minimum Gasteiger partial charge on any atom is -0.493 e. The molecule has 5 heteroatoms. The third-order valence-corrected chi connectivity index (χ3v) is 6.04. The number of terminal acetylenes is 1. The van der Waals surface area contributed by atoms with E-state index < -0.39 is 0 Å². The van der Waals surface area contributed by atoms with Gasteiger partial charge in [0.15, 0.2) is 0 Å². The van der Waals surface area contributed by atoms with Crippen LogP contribution in [0.4, 0.5) is 11.4 Å². The van der Waals surface area contributed by atoms with Crippen LogP contribution in [-0.2, 0) is 11.2 Å². The Kier molecular flexibility index (Phi) is 6.42. The van der Waals surface area contributed by atoms with Crippen molar-refractivity contribution >= 4 is 17.3 Å². The number of carbonyl (C=O) groups is 1. The second-order valence-corrected chi connectivity index (χ2v) is 7.87. The van der Waals surface area contributed by atoms with E-state index in [9.17, 15) is 4.79 Å². The van der Waals surface area contributed by atoms with Gasteiger partial charge in [0.1, 0.15) is 5.75 Å². The lowest BCUT2D eigenvalue weighted by atomic mass is 9.87. The number of pyridine rings is 1. The van der Waals surface area contributed by atoms with Crippen molar-refractivity contribution in [1.82, 2.24) is 4.98 Å². The van der Waals surface area contributed by atoms with Crippen LogP contribution < -0.4 is 9.64 Å². The Morgan fingerprint density at radius 3 is 2.75 bits per heavy atom. The maximum Gasteiger partial charge on any atom is 0.338 e. The Labute approximate surface area is 189 Å². The largest absolute Gasteiger partial charge is 0.493 e. The van der Waals surface area contributed by atoms with E-state index in [1.54, 1.807) is 18.5 Å². The number of aromatic nitrogens is 1. The number of hydrogen-bond donors (Lipinski definition) is 0. The van der Waals surface area contributed by atoms with Crippen LogP contribution in [0.3, 0.4) is 0 Å². The lowest BCUT2D eigenvalue weighted by Crippen LogP contribution is -2.17. The van der Waals surface area contributed by atoms with E-state index in [1.165, 1.54) is 12.7 Å². The van der Waals surface area contributed by atoms with Gasteiger partial charge in [-0.2, -0.15) is 0 Å². The zero-order valence-electron chi connectivity index (χ0n) is 18.4. The fraction of sp³-hybridized carbons (Fsp3) is 0.259. The number of carbonyl (C=O) groups excluding carboxylic acids is 1. The van der Waals surface area contributed by atoms with Crippen LogP contribution in [0.2, 0.25) is 0 Å². The molecule has 0 bridgehead atoms. The SMILES string of the molecule is C#Cc1ccc(N(C)c2ccc3c(c2)OCC[C@H]3CCc2cnccc2C(=O)OC)cc1. The van der Waals surface area contributed by atoms with E-state index in [0.717, 1.165) is 47.5 Å². The summed E-state index contributed by atoms with van der Waals surface area (Å²) < 4.78 is 10.9. The predicted molar refractivity (Wildman–Crippen MR) is 126 cm³/mol. The van der Waals surface area contributed by atoms with Gasteiger partial charge >= 0.3 is 5.97 Å². The van der Waals surface area contributed by atoms with Crippen molar-refractivity contribution in [3.8, 4) is 18.1 Å². The van der Waals surface area contributed by atoms with Crippen LogP contribution in [0.5, 0.6) is 5.75 Å². The zero-order valence-corrected chi connectivity index (χ0v) is 18.4. The Bertz CT molecular complexity index is 1150. The third kappa shape index (κ3) is 4.45. The van der Waals surface area contributed by atoms with Crippen LogP contribution >= 0.6 is 0 Å². The van der Waals surface area contributed by atoms with Crippen molar-refractivity contribution in [3.05, 3.63) is 83.2 Å². The second kappa shape index (κ2) is 9.57. The van der Waals surface area contributed by atoms with E-state index in [-0.39, 0.29) is 5.97 Å². The predicted octanol–water partition coefficient (Wildman–Crippen LogP) is 5.12. The third-order valence-electron chi connectivity index (χ3n) is 6.04. The second-order valence-electron chi connectivity index (χ2n) is 7.87. The molecule has 4 rings (SSSR count). The topological polar surface area (TPSA) is 51.7 Å². The fourth-order valence-corrected chi connectivity index (χ4v) is 4.16. The zero-order chi connectivity index (χ0) is 22.5. The van der Waals surface area contributed by atoms with Gasteiger partial charge in [-0.25, -0.2) is 4.79 Å². The van der Waals surface area contributed by atoms with Gasteiger partial charge in [-0.15, -0.1) is 6.42 Å². The Balaban J connectivity index is 1.51. The van der Waals surface area contributed by atoms with Crippen molar-refractivity contribution in [3.63, 3.8) is 0 Å². The van der Waals surface area contributed by atoms with Crippen LogP contribution in [0.1, 0.15) is 45.8 Å². The first-order chi connectivity index (χ1) is 15.6. The molecule has 0 fully saturated rings. The standard InChI is InChI=1S/C27H26N2O3/c1-4-19-5-9-22(10-6-19)29(2)23-11-12-24-20(14-16-32-26(24)17-23)7-8-21-18-28-15-13-25(21)27(30)31-3/h1,5-6,9-13,15,17-18,20H,7-8,14,16H2,2-3H3/t20-/m1/s1. The molecule has 0 spiro atoms. The van der Waals surface area contributed by atoms with Crippen LogP contribution in [-0.4, -0.2) is 31.7 Å². The van der Waals surface area contributed by atoms with Gasteiger partial charge in [-0.1, -0.05) is 12.0 Å². The first-order valence-electron chi connectivity index (χ1n) is 10.7. The molecule has 0 aliphatic carbocycles. The smallest absolute Gasteiger partial charge is 0.338 e. The number of nitrogens with zero attached hydrogens (tertiary/aromatic N) is 2. The maximum atomic E-state index is 12.1. The number of ether oxygens (including phenoxy) is 2. The molecule has 0 unspecified atom stereocenters. The molecule has 1 aliphatic rings. The highest BCUT2D eigenvalue weighted by Crippen LogP contribution is 2.39. The number of esters is 1. The Morgan fingerprint density at radius 1 is 1.22 bits per heavy atom. The average molecular weight is 427 g/mol. The van der Waals surface area contributed by atoms with Gasteiger partial charge in [0, 0.05) is 42.4 Å². The van der Waals surface area contributed by atoms with E-state index in [2.05, 4.69) is 34.0 Å². The van der Waals surface area contributed by atoms with Crippen LogP contribution in [0.15, 0.2) is 60.9 Å². The molecule has 1 atom stereocenters. The molecule has 32 heavy (non-hydrogen) atoms. The van der Waals surface area contributed by atoms with Gasteiger partial charge in [0.05, 0.1) is 19.3 Å². The molecule has 3 aromatic rings. The Morgan fingerprint density at radius 2 is 2.00 bits per heavy atom. The molecule has 2 heterocycles. The van der Waals surface area contributed by atoms with Gasteiger partial charge in [0.2, 0.25) is 0 Å². The molecule has 0 N–H and O–H groups in total. The molecule has 162 valence electrons. The van der Waals surface area contributed by atoms with E-state index >= 15 is 0 Å². The summed E-state index contributed by atoms with van der Waals surface area (Å²) in [6.07, 6.45) is 11.5. The number of fused-ring (bicyclic) bond motifs is 1. The molecule has 1 aliphatic heterocycles. The molecule has 0 saturated heterocycles. The number of anilines is 2. The molecular formula is C27H26N2O3. The summed E-state index contributed by atoms with van der Waals surface area (Å²) in [4.78, 5) is 18.4. The number of benzene rings is 2. The summed E-state index contributed by atoms with van der Waals surface area (Å²) in [5, 5.41) is 0. The molecule has 0 saturated carbocycles. The van der Waals surface area contributed by atoms with Crippen LogP contribution in [0, 0.1) is 12.3 Å². The highest BCUT2D eigenvalue weighted by atomic mass is 16.5. The number of methoxy groups -OCH3 is 1. The number of rotatable bonds is 6. The van der Waals surface area contributed by atoms with Crippen molar-refractivity contribution in [2.75, 3.05) is 25.7 Å². The molecule has 2 aromatic carbocycles. The Hall–Kier alpha value is -3.78. The number of aryl methyl sites for hydroxylation is 1. The van der Waals surface area contributed by atoms with Crippen molar-refractivity contribution in [2.45, 2.75) is 25.2 Å². The summed E-state index contributed by atoms with van der Waals surface area (Å²) in [6.45, 7) is 0.679. The molecule has 0 amide bonds. The summed E-state index contributed by atoms with van der Waals surface area (Å²) >= 11 is 0. The lowest BCUT2D eigenvalue weighted by Gasteiger charge is -2.28. The quantitative estimate of drug-likeness (QED) is 0.405. The van der Waals surface area contributed by atoms with Crippen molar-refractivity contribution in [2.24, 2.45) is 0 Å². The molecule has 0 radical (unpaired) electrons. The van der Waals surface area contributed by atoms with Gasteiger partial charge < -0.3 is 14.4 Å². The maximum absolute atomic E-state index is 12.1. The fourth-order valence-electron chi connectivity index (χ4n) is 4.16. The normalized spacial score (nSPS) is 14.6. The molecule has 1 aromatic heterocycles. The summed E-state index contributed by atoms with van der Waals surface area (Å²) in [7, 11) is 3.43. The van der Waals surface area contributed by atoms with Crippen molar-refractivity contribution < 1.29 is 14.3 Å². The highest BCUT2D eigenvalue weighted by molar-refractivity contribution is 5.90. The summed E-state index contributed by atoms with van der Waals surface area (Å²) in [5.74, 6) is 3.61. The average Bonchev–Trinajstić information content (AvgIpc) is 2.86. The van der Waals surface area contributed by atoms with Crippen LogP contribution in [0.25, 0.3) is 0 Å². The van der Waals surface area contributed by atoms with E-state index in [4.69, 9.17) is 15.9 Å². The van der Waals surface area contributed by atoms with Gasteiger partial charge in [0.25, 0.3) is 0 Å². The van der Waals surface area contributed by atoms with E-state index in [0.29, 0.717) is 18.1 Å². The first-order valence-corrected chi connectivity index (χ1v) is 10.7.